The van der Waals surface area contributed by atoms with Gasteiger partial charge >= 0.3 is 0 Å². The molecule has 5 N–H and O–H groups in total. The molecule has 0 spiro atoms. The molecule has 2 aliphatic rings. The third kappa shape index (κ3) is 6.39. The zero-order valence-electron chi connectivity index (χ0n) is 23.9. The van der Waals surface area contributed by atoms with Gasteiger partial charge in [-0.3, -0.25) is 24.0 Å². The molecule has 1 heterocycles. The third-order valence-corrected chi connectivity index (χ3v) is 7.21. The van der Waals surface area contributed by atoms with Gasteiger partial charge in [0.2, 0.25) is 17.7 Å². The average molecular weight is 549 g/mol. The molecule has 1 saturated heterocycles. The Morgan fingerprint density at radius 1 is 1.02 bits per heavy atom. The number of carbonyl (C=O) groups is 5. The molecule has 2 aromatic rings. The van der Waals surface area contributed by atoms with Crippen molar-refractivity contribution < 1.29 is 25.4 Å². The maximum Gasteiger partial charge on any atom is 0.242 e. The highest BCUT2D eigenvalue weighted by Gasteiger charge is 2.34. The molecule has 10 nitrogen and oxygen atoms in total. The number of benzene rings is 2. The van der Waals surface area contributed by atoms with E-state index < -0.39 is 30.4 Å². The number of fused-ring (bicyclic) bond motifs is 2. The monoisotopic (exact) mass is 548 g/mol. The minimum absolute atomic E-state index is 0.182. The van der Waals surface area contributed by atoms with Crippen LogP contribution in [0.15, 0.2) is 42.5 Å². The number of likely N-dealkylation sites (tertiary alicyclic amines) is 1. The number of hydrogen-bond acceptors (Lipinski definition) is 7. The maximum atomic E-state index is 13.1. The van der Waals surface area contributed by atoms with E-state index in [0.29, 0.717) is 78.6 Å². The van der Waals surface area contributed by atoms with Gasteiger partial charge in [-0.25, -0.2) is 0 Å². The van der Waals surface area contributed by atoms with Gasteiger partial charge in [-0.15, -0.1) is 0 Å². The number of nitrogens with two attached hydrogens (primary N) is 1. The number of rotatable bonds is 11. The fourth-order valence-electron chi connectivity index (χ4n) is 5.23. The molecule has 3 amide bonds. The van der Waals surface area contributed by atoms with E-state index in [1.807, 2.05) is 13.8 Å². The molecule has 4 rings (SSSR count). The van der Waals surface area contributed by atoms with Crippen LogP contribution >= 0.6 is 0 Å². The summed E-state index contributed by atoms with van der Waals surface area (Å²) in [4.78, 5) is 65.5. The van der Waals surface area contributed by atoms with Gasteiger partial charge in [0, 0.05) is 42.0 Å². The first kappa shape index (κ1) is 27.5. The van der Waals surface area contributed by atoms with Gasteiger partial charge in [0.05, 0.1) is 18.2 Å². The Hall–Kier alpha value is -4.05. The molecule has 0 radical (unpaired) electrons. The summed E-state index contributed by atoms with van der Waals surface area (Å²) in [5.41, 5.74) is 7.95. The number of ketones is 2. The van der Waals surface area contributed by atoms with Crippen molar-refractivity contribution in [3.05, 3.63) is 64.7 Å². The lowest BCUT2D eigenvalue weighted by Crippen LogP contribution is -2.50. The summed E-state index contributed by atoms with van der Waals surface area (Å²) < 4.78 is 7.98. The van der Waals surface area contributed by atoms with Gasteiger partial charge in [0.25, 0.3) is 0 Å². The van der Waals surface area contributed by atoms with Gasteiger partial charge < -0.3 is 26.6 Å². The Balaban J connectivity index is 1.26. The highest BCUT2D eigenvalue weighted by Crippen LogP contribution is 2.31. The quantitative estimate of drug-likeness (QED) is 0.267. The minimum Gasteiger partial charge on any atom is -0.384 e. The number of anilines is 1. The second-order valence-corrected chi connectivity index (χ2v) is 10.6. The van der Waals surface area contributed by atoms with E-state index in [1.54, 1.807) is 42.5 Å². The summed E-state index contributed by atoms with van der Waals surface area (Å²) in [6.07, 6.45) is 2.11. The highest BCUT2D eigenvalue weighted by atomic mass is 16.2. The summed E-state index contributed by atoms with van der Waals surface area (Å²) in [7, 11) is 0. The molecular weight excluding hydrogens is 510 g/mol. The molecule has 0 saturated carbocycles. The second kappa shape index (κ2) is 12.9. The zero-order chi connectivity index (χ0) is 29.7. The van der Waals surface area contributed by atoms with E-state index in [2.05, 4.69) is 10.6 Å². The SMILES string of the molecule is [2H]N(CC(=O)N1CCC[C@H]1C(=O)NCCCNc1cccc2c1C(=O)c1ccccc1C2=O)C(=O)[C@@H](N)CC(C)C. The van der Waals surface area contributed by atoms with E-state index >= 15 is 0 Å². The van der Waals surface area contributed by atoms with Crippen LogP contribution in [0.3, 0.4) is 0 Å². The van der Waals surface area contributed by atoms with Crippen molar-refractivity contribution in [2.45, 2.75) is 51.6 Å². The molecule has 212 valence electrons. The molecule has 0 aromatic heterocycles. The standard InChI is InChI=1S/C30H37N5O5/c1-18(2)16-22(31)29(39)34-17-25(36)35-15-6-12-24(35)30(40)33-14-7-13-32-23-11-5-10-21-26(23)28(38)20-9-4-3-8-19(20)27(21)37/h3-5,8-11,18,22,24,32H,6-7,12-17,31H2,1-2H3,(H,33,40)(H,34,39)/t22-,24-/m0/s1/i/hD. The molecule has 40 heavy (non-hydrogen) atoms. The summed E-state index contributed by atoms with van der Waals surface area (Å²) in [6, 6.07) is 10.4. The molecule has 2 atom stereocenters. The molecule has 1 aliphatic heterocycles. The van der Waals surface area contributed by atoms with Crippen LogP contribution in [0.2, 0.25) is 1.41 Å². The first-order valence-electron chi connectivity index (χ1n) is 14.2. The number of nitrogens with zero attached hydrogens (tertiary/aromatic N) is 1. The second-order valence-electron chi connectivity index (χ2n) is 10.6. The molecule has 2 aromatic carbocycles. The van der Waals surface area contributed by atoms with Crippen LogP contribution in [0.1, 0.15) is 71.4 Å². The number of nitrogens with one attached hydrogen (secondary N) is 3. The van der Waals surface area contributed by atoms with Crippen molar-refractivity contribution in [3.63, 3.8) is 0 Å². The van der Waals surface area contributed by atoms with Crippen molar-refractivity contribution in [3.8, 4) is 0 Å². The molecule has 1 fully saturated rings. The van der Waals surface area contributed by atoms with Crippen molar-refractivity contribution in [2.24, 2.45) is 11.7 Å². The summed E-state index contributed by atoms with van der Waals surface area (Å²) in [6.45, 7) is 4.56. The predicted octanol–water partition coefficient (Wildman–Crippen LogP) is 1.86. The fourth-order valence-corrected chi connectivity index (χ4v) is 5.23. The Kier molecular flexibility index (Phi) is 8.85. The van der Waals surface area contributed by atoms with Crippen molar-refractivity contribution in [2.75, 3.05) is 31.5 Å². The summed E-state index contributed by atoms with van der Waals surface area (Å²) >= 11 is 0. The number of carbonyl (C=O) groups excluding carboxylic acids is 5. The van der Waals surface area contributed by atoms with Crippen molar-refractivity contribution in [1.82, 2.24) is 15.5 Å². The molecule has 0 unspecified atom stereocenters. The van der Waals surface area contributed by atoms with Crippen LogP contribution in [0.4, 0.5) is 5.69 Å². The first-order chi connectivity index (χ1) is 19.6. The lowest BCUT2D eigenvalue weighted by molar-refractivity contribution is -0.138. The van der Waals surface area contributed by atoms with Crippen LogP contribution in [0, 0.1) is 5.92 Å². The van der Waals surface area contributed by atoms with E-state index in [0.717, 1.165) is 0 Å². The molecule has 10 heteroatoms. The van der Waals surface area contributed by atoms with Gasteiger partial charge in [-0.2, -0.15) is 0 Å². The van der Waals surface area contributed by atoms with Gasteiger partial charge in [-0.1, -0.05) is 50.2 Å². The van der Waals surface area contributed by atoms with E-state index in [9.17, 15) is 24.0 Å². The van der Waals surface area contributed by atoms with Crippen LogP contribution in [-0.2, 0) is 14.4 Å². The molecular formula is C30H37N5O5. The number of hydrogen-bond donors (Lipinski definition) is 4. The molecule has 1 aliphatic carbocycles. The largest absolute Gasteiger partial charge is 0.384 e. The first-order valence-corrected chi connectivity index (χ1v) is 13.8. The van der Waals surface area contributed by atoms with Gasteiger partial charge in [-0.05, 0) is 37.7 Å². The van der Waals surface area contributed by atoms with Crippen LogP contribution < -0.4 is 21.7 Å². The van der Waals surface area contributed by atoms with Crippen LogP contribution in [-0.4, -0.2) is 72.5 Å². The lowest BCUT2D eigenvalue weighted by atomic mass is 9.83. The van der Waals surface area contributed by atoms with E-state index in [4.69, 9.17) is 7.15 Å². The summed E-state index contributed by atoms with van der Waals surface area (Å²) in [5.74, 6) is -1.56. The van der Waals surface area contributed by atoms with E-state index in [1.165, 1.54) is 4.90 Å². The third-order valence-electron chi connectivity index (χ3n) is 7.21. The Bertz CT molecular complexity index is 1350. The number of amides is 3. The van der Waals surface area contributed by atoms with Gasteiger partial charge in [0.1, 0.15) is 6.04 Å². The highest BCUT2D eigenvalue weighted by molar-refractivity contribution is 6.30. The Morgan fingerprint density at radius 2 is 1.73 bits per heavy atom. The molecule has 0 bridgehead atoms. The van der Waals surface area contributed by atoms with Gasteiger partial charge in [0.15, 0.2) is 13.0 Å². The summed E-state index contributed by atoms with van der Waals surface area (Å²) in [5, 5.41) is 6.67. The Morgan fingerprint density at radius 3 is 2.45 bits per heavy atom. The smallest absolute Gasteiger partial charge is 0.242 e. The Labute approximate surface area is 235 Å². The topological polar surface area (TPSA) is 151 Å². The van der Waals surface area contributed by atoms with Crippen molar-refractivity contribution in [1.29, 1.82) is 0 Å². The maximum absolute atomic E-state index is 13.1. The zero-order valence-corrected chi connectivity index (χ0v) is 22.9. The minimum atomic E-state index is -0.845. The average Bonchev–Trinajstić information content (AvgIpc) is 3.45. The normalized spacial score (nSPS) is 17.1. The van der Waals surface area contributed by atoms with Crippen molar-refractivity contribution >= 4 is 35.0 Å². The predicted molar refractivity (Wildman–Crippen MR) is 151 cm³/mol. The van der Waals surface area contributed by atoms with Crippen LogP contribution in [0.25, 0.3) is 0 Å². The lowest BCUT2D eigenvalue weighted by Gasteiger charge is -2.24. The van der Waals surface area contributed by atoms with Crippen LogP contribution in [0.5, 0.6) is 0 Å². The fraction of sp³-hybridized carbons (Fsp3) is 0.433. The van der Waals surface area contributed by atoms with E-state index in [-0.39, 0.29) is 23.4 Å².